The fraction of sp³-hybridized carbons (Fsp3) is 0.316. The minimum atomic E-state index is 0.600. The summed E-state index contributed by atoms with van der Waals surface area (Å²) in [6, 6.07) is 9.62. The maximum Gasteiger partial charge on any atom is 0.131 e. The second-order valence-corrected chi connectivity index (χ2v) is 6.01. The SMILES string of the molecule is COCc1ccnc2cc(N)ccc12.Cc1ccnc(C2CC2)n1. The van der Waals surface area contributed by atoms with Gasteiger partial charge in [0, 0.05) is 42.2 Å². The van der Waals surface area contributed by atoms with Crippen LogP contribution >= 0.6 is 0 Å². The number of hydrogen-bond acceptors (Lipinski definition) is 5. The molecule has 0 unspecified atom stereocenters. The Hall–Kier alpha value is -2.53. The predicted molar refractivity (Wildman–Crippen MR) is 95.6 cm³/mol. The molecule has 0 saturated heterocycles. The molecule has 0 bridgehead atoms. The van der Waals surface area contributed by atoms with Crippen LogP contribution in [0.1, 0.15) is 35.8 Å². The molecule has 5 nitrogen and oxygen atoms in total. The monoisotopic (exact) mass is 322 g/mol. The zero-order valence-corrected chi connectivity index (χ0v) is 14.1. The van der Waals surface area contributed by atoms with Crippen LogP contribution in [0.5, 0.6) is 0 Å². The molecule has 0 atom stereocenters. The average molecular weight is 322 g/mol. The molecule has 1 aromatic carbocycles. The summed E-state index contributed by atoms with van der Waals surface area (Å²) in [7, 11) is 1.68. The van der Waals surface area contributed by atoms with E-state index in [1.807, 2.05) is 43.5 Å². The summed E-state index contributed by atoms with van der Waals surface area (Å²) in [5, 5.41) is 1.10. The molecule has 1 fully saturated rings. The number of rotatable bonds is 3. The van der Waals surface area contributed by atoms with Crippen LogP contribution in [-0.4, -0.2) is 22.1 Å². The van der Waals surface area contributed by atoms with Crippen LogP contribution in [-0.2, 0) is 11.3 Å². The van der Waals surface area contributed by atoms with Crippen molar-refractivity contribution in [3.05, 3.63) is 59.8 Å². The normalized spacial score (nSPS) is 13.4. The highest BCUT2D eigenvalue weighted by molar-refractivity contribution is 5.84. The lowest BCUT2D eigenvalue weighted by molar-refractivity contribution is 0.186. The number of aromatic nitrogens is 3. The van der Waals surface area contributed by atoms with Crippen LogP contribution in [0.15, 0.2) is 42.7 Å². The summed E-state index contributed by atoms with van der Waals surface area (Å²) in [4.78, 5) is 12.8. The predicted octanol–water partition coefficient (Wildman–Crippen LogP) is 3.63. The van der Waals surface area contributed by atoms with Crippen molar-refractivity contribution in [2.24, 2.45) is 0 Å². The quantitative estimate of drug-likeness (QED) is 0.745. The summed E-state index contributed by atoms with van der Waals surface area (Å²) in [5.74, 6) is 1.72. The fourth-order valence-corrected chi connectivity index (χ4v) is 2.51. The molecule has 0 amide bonds. The molecular formula is C19H22N4O. The third-order valence-electron chi connectivity index (χ3n) is 3.91. The van der Waals surface area contributed by atoms with Crippen LogP contribution < -0.4 is 5.73 Å². The number of methoxy groups -OCH3 is 1. The number of hydrogen-bond donors (Lipinski definition) is 1. The van der Waals surface area contributed by atoms with Gasteiger partial charge in [-0.15, -0.1) is 0 Å². The van der Waals surface area contributed by atoms with Crippen molar-refractivity contribution < 1.29 is 4.74 Å². The number of anilines is 1. The number of fused-ring (bicyclic) bond motifs is 1. The number of pyridine rings is 1. The molecule has 0 spiro atoms. The average Bonchev–Trinajstić information content (AvgIpc) is 3.41. The van der Waals surface area contributed by atoms with Gasteiger partial charge in [0.1, 0.15) is 5.82 Å². The van der Waals surface area contributed by atoms with Gasteiger partial charge < -0.3 is 10.5 Å². The molecule has 5 heteroatoms. The lowest BCUT2D eigenvalue weighted by Crippen LogP contribution is -1.92. The summed E-state index contributed by atoms with van der Waals surface area (Å²) in [5.41, 5.74) is 9.55. The van der Waals surface area contributed by atoms with Gasteiger partial charge in [-0.05, 0) is 49.6 Å². The first-order valence-corrected chi connectivity index (χ1v) is 8.09. The highest BCUT2D eigenvalue weighted by Crippen LogP contribution is 2.37. The molecule has 124 valence electrons. The van der Waals surface area contributed by atoms with Gasteiger partial charge >= 0.3 is 0 Å². The van der Waals surface area contributed by atoms with E-state index in [2.05, 4.69) is 15.0 Å². The second kappa shape index (κ2) is 7.36. The van der Waals surface area contributed by atoms with Gasteiger partial charge in [0.25, 0.3) is 0 Å². The molecule has 0 radical (unpaired) electrons. The number of nitrogen functional groups attached to an aromatic ring is 1. The summed E-state index contributed by atoms with van der Waals surface area (Å²) < 4.78 is 5.11. The Balaban J connectivity index is 0.000000149. The molecule has 1 aliphatic carbocycles. The van der Waals surface area contributed by atoms with Crippen molar-refractivity contribution in [3.63, 3.8) is 0 Å². The van der Waals surface area contributed by atoms with E-state index < -0.39 is 0 Å². The van der Waals surface area contributed by atoms with Crippen LogP contribution in [0.25, 0.3) is 10.9 Å². The number of ether oxygens (including phenoxy) is 1. The van der Waals surface area contributed by atoms with E-state index in [0.29, 0.717) is 12.5 Å². The van der Waals surface area contributed by atoms with Crippen LogP contribution in [0.3, 0.4) is 0 Å². The maximum absolute atomic E-state index is 5.68. The Morgan fingerprint density at radius 3 is 2.62 bits per heavy atom. The van der Waals surface area contributed by atoms with E-state index in [1.54, 1.807) is 13.3 Å². The summed E-state index contributed by atoms with van der Waals surface area (Å²) in [6.45, 7) is 2.61. The molecule has 2 aromatic heterocycles. The van der Waals surface area contributed by atoms with Crippen molar-refractivity contribution in [3.8, 4) is 0 Å². The van der Waals surface area contributed by atoms with E-state index >= 15 is 0 Å². The molecule has 1 aliphatic rings. The van der Waals surface area contributed by atoms with Crippen molar-refractivity contribution in [1.82, 2.24) is 15.0 Å². The Morgan fingerprint density at radius 2 is 1.92 bits per heavy atom. The van der Waals surface area contributed by atoms with Crippen LogP contribution in [0.4, 0.5) is 5.69 Å². The van der Waals surface area contributed by atoms with E-state index in [9.17, 15) is 0 Å². The highest BCUT2D eigenvalue weighted by Gasteiger charge is 2.25. The molecule has 1 saturated carbocycles. The molecule has 24 heavy (non-hydrogen) atoms. The lowest BCUT2D eigenvalue weighted by atomic mass is 10.1. The number of nitrogens with zero attached hydrogens (tertiary/aromatic N) is 3. The minimum Gasteiger partial charge on any atom is -0.399 e. The zero-order chi connectivity index (χ0) is 16.9. The second-order valence-electron chi connectivity index (χ2n) is 6.01. The molecule has 4 rings (SSSR count). The van der Waals surface area contributed by atoms with Gasteiger partial charge in [-0.2, -0.15) is 0 Å². The number of benzene rings is 1. The van der Waals surface area contributed by atoms with E-state index in [1.165, 1.54) is 12.8 Å². The van der Waals surface area contributed by atoms with Gasteiger partial charge in [0.05, 0.1) is 12.1 Å². The topological polar surface area (TPSA) is 73.9 Å². The third kappa shape index (κ3) is 4.06. The van der Waals surface area contributed by atoms with Gasteiger partial charge in [-0.3, -0.25) is 4.98 Å². The largest absolute Gasteiger partial charge is 0.399 e. The standard InChI is InChI=1S/C11H12N2O.C8H10N2/c1-14-7-8-4-5-13-11-6-9(12)2-3-10(8)11;1-6-4-5-9-8(10-6)7-2-3-7/h2-6H,7,12H2,1H3;4-5,7H,2-3H2,1H3. The Morgan fingerprint density at radius 1 is 1.12 bits per heavy atom. The van der Waals surface area contributed by atoms with Crippen molar-refractivity contribution in [1.29, 1.82) is 0 Å². The van der Waals surface area contributed by atoms with Crippen molar-refractivity contribution in [2.45, 2.75) is 32.3 Å². The zero-order valence-electron chi connectivity index (χ0n) is 14.1. The summed E-state index contributed by atoms with van der Waals surface area (Å²) >= 11 is 0. The van der Waals surface area contributed by atoms with Crippen LogP contribution in [0.2, 0.25) is 0 Å². The molecule has 2 heterocycles. The van der Waals surface area contributed by atoms with E-state index in [0.717, 1.165) is 33.7 Å². The first kappa shape index (κ1) is 16.3. The Kier molecular flexibility index (Phi) is 5.01. The number of nitrogens with two attached hydrogens (primary N) is 1. The van der Waals surface area contributed by atoms with Gasteiger partial charge in [0.2, 0.25) is 0 Å². The highest BCUT2D eigenvalue weighted by atomic mass is 16.5. The molecule has 0 aliphatic heterocycles. The lowest BCUT2D eigenvalue weighted by Gasteiger charge is -2.04. The minimum absolute atomic E-state index is 0.600. The van der Waals surface area contributed by atoms with Gasteiger partial charge in [0.15, 0.2) is 0 Å². The summed E-state index contributed by atoms with van der Waals surface area (Å²) in [6.07, 6.45) is 6.18. The third-order valence-corrected chi connectivity index (χ3v) is 3.91. The smallest absolute Gasteiger partial charge is 0.131 e. The molecule has 2 N–H and O–H groups in total. The van der Waals surface area contributed by atoms with Crippen molar-refractivity contribution in [2.75, 3.05) is 12.8 Å². The van der Waals surface area contributed by atoms with Crippen molar-refractivity contribution >= 4 is 16.6 Å². The Bertz CT molecular complexity index is 830. The maximum atomic E-state index is 5.68. The fourth-order valence-electron chi connectivity index (χ4n) is 2.51. The Labute approximate surface area is 141 Å². The van der Waals surface area contributed by atoms with E-state index in [-0.39, 0.29) is 0 Å². The molecule has 3 aromatic rings. The first-order chi connectivity index (χ1) is 11.7. The van der Waals surface area contributed by atoms with Gasteiger partial charge in [-0.25, -0.2) is 9.97 Å². The van der Waals surface area contributed by atoms with Crippen LogP contribution in [0, 0.1) is 6.92 Å². The van der Waals surface area contributed by atoms with Gasteiger partial charge in [-0.1, -0.05) is 6.07 Å². The first-order valence-electron chi connectivity index (χ1n) is 8.09. The number of aryl methyl sites for hydroxylation is 1. The van der Waals surface area contributed by atoms with E-state index in [4.69, 9.17) is 10.5 Å². The molecular weight excluding hydrogens is 300 g/mol.